The number of carbonyl (C=O) groups excluding carboxylic acids is 1. The number of hydrogen-bond acceptors (Lipinski definition) is 3. The zero-order chi connectivity index (χ0) is 9.40. The average Bonchev–Trinajstić information content (AvgIpc) is 2.04. The second-order valence-electron chi connectivity index (χ2n) is 2.64. The predicted octanol–water partition coefficient (Wildman–Crippen LogP) is 0.593. The number of carbonyl (C=O) groups is 1. The molecule has 0 aromatic rings. The van der Waals surface area contributed by atoms with Gasteiger partial charge in [-0.3, -0.25) is 4.79 Å². The molecule has 0 rings (SSSR count). The molecule has 1 atom stereocenters. The van der Waals surface area contributed by atoms with E-state index in [0.29, 0.717) is 12.3 Å². The molecule has 0 bridgehead atoms. The first-order chi connectivity index (χ1) is 5.70. The summed E-state index contributed by atoms with van der Waals surface area (Å²) in [6.07, 6.45) is 0.975. The van der Waals surface area contributed by atoms with E-state index in [1.807, 2.05) is 6.92 Å². The van der Waals surface area contributed by atoms with Crippen molar-refractivity contribution in [3.8, 4) is 0 Å². The fourth-order valence-corrected chi connectivity index (χ4v) is 1.61. The maximum Gasteiger partial charge on any atom is 0.229 e. The molecule has 0 heterocycles. The lowest BCUT2D eigenvalue weighted by Crippen LogP contribution is -2.27. The molecule has 1 unspecified atom stereocenters. The number of nitrogens with two attached hydrogens (primary N) is 1. The minimum Gasteiger partial charge on any atom is -0.356 e. The van der Waals surface area contributed by atoms with Crippen molar-refractivity contribution < 1.29 is 4.79 Å². The number of thioether (sulfide) groups is 1. The minimum absolute atomic E-state index is 0.103. The Kier molecular flexibility index (Phi) is 7.29. The van der Waals surface area contributed by atoms with Crippen LogP contribution in [0.4, 0.5) is 0 Å². The van der Waals surface area contributed by atoms with Crippen LogP contribution in [0, 0.1) is 0 Å². The van der Waals surface area contributed by atoms with Crippen LogP contribution < -0.4 is 11.1 Å². The highest BCUT2D eigenvalue weighted by Crippen LogP contribution is 2.02. The Labute approximate surface area is 78.5 Å². The van der Waals surface area contributed by atoms with Gasteiger partial charge in [0.2, 0.25) is 5.91 Å². The molecule has 0 saturated heterocycles. The van der Waals surface area contributed by atoms with Crippen molar-refractivity contribution in [2.75, 3.05) is 18.1 Å². The van der Waals surface area contributed by atoms with Gasteiger partial charge < -0.3 is 11.1 Å². The van der Waals surface area contributed by atoms with Gasteiger partial charge in [-0.1, -0.05) is 6.92 Å². The molecule has 0 saturated carbocycles. The van der Waals surface area contributed by atoms with Gasteiger partial charge in [-0.05, 0) is 13.3 Å². The van der Waals surface area contributed by atoms with Crippen LogP contribution in [0.5, 0.6) is 0 Å². The zero-order valence-corrected chi connectivity index (χ0v) is 8.62. The van der Waals surface area contributed by atoms with Gasteiger partial charge >= 0.3 is 0 Å². The largest absolute Gasteiger partial charge is 0.356 e. The van der Waals surface area contributed by atoms with Crippen LogP contribution in [0.3, 0.4) is 0 Å². The summed E-state index contributed by atoms with van der Waals surface area (Å²) < 4.78 is 0. The quantitative estimate of drug-likeness (QED) is 0.644. The summed E-state index contributed by atoms with van der Waals surface area (Å²) in [6.45, 7) is 4.68. The van der Waals surface area contributed by atoms with Gasteiger partial charge in [0.1, 0.15) is 0 Å². The molecular weight excluding hydrogens is 172 g/mol. The molecular formula is C8H18N2OS. The fourth-order valence-electron chi connectivity index (χ4n) is 0.669. The fraction of sp³-hybridized carbons (Fsp3) is 0.875. The Morgan fingerprint density at radius 3 is 2.75 bits per heavy atom. The summed E-state index contributed by atoms with van der Waals surface area (Å²) in [5.41, 5.74) is 5.68. The van der Waals surface area contributed by atoms with E-state index < -0.39 is 0 Å². The molecule has 0 radical (unpaired) electrons. The number of hydrogen-bond donors (Lipinski definition) is 2. The van der Waals surface area contributed by atoms with Gasteiger partial charge in [0.15, 0.2) is 0 Å². The maximum atomic E-state index is 10.9. The van der Waals surface area contributed by atoms with Crippen molar-refractivity contribution in [1.82, 2.24) is 5.32 Å². The normalized spacial score (nSPS) is 12.6. The Morgan fingerprint density at radius 2 is 2.25 bits per heavy atom. The summed E-state index contributed by atoms with van der Waals surface area (Å²) in [5.74, 6) is 1.50. The van der Waals surface area contributed by atoms with Crippen molar-refractivity contribution in [2.45, 2.75) is 26.3 Å². The standard InChI is InChI=1S/C8H18N2OS/c1-3-7(9)5-12-6-8(11)10-4-2/h7H,3-6,9H2,1-2H3,(H,10,11). The van der Waals surface area contributed by atoms with Crippen LogP contribution in [0.1, 0.15) is 20.3 Å². The Balaban J connectivity index is 3.24. The van der Waals surface area contributed by atoms with Crippen molar-refractivity contribution >= 4 is 17.7 Å². The van der Waals surface area contributed by atoms with Crippen LogP contribution in [-0.2, 0) is 4.79 Å². The summed E-state index contributed by atoms with van der Waals surface area (Å²) in [5, 5.41) is 2.74. The lowest BCUT2D eigenvalue weighted by atomic mass is 10.3. The van der Waals surface area contributed by atoms with E-state index in [9.17, 15) is 4.79 Å². The average molecular weight is 190 g/mol. The molecule has 0 fully saturated rings. The van der Waals surface area contributed by atoms with E-state index in [4.69, 9.17) is 5.73 Å². The van der Waals surface area contributed by atoms with Gasteiger partial charge in [0.05, 0.1) is 5.75 Å². The highest BCUT2D eigenvalue weighted by molar-refractivity contribution is 7.99. The molecule has 1 amide bonds. The molecule has 0 aliphatic carbocycles. The highest BCUT2D eigenvalue weighted by Gasteiger charge is 2.02. The lowest BCUT2D eigenvalue weighted by Gasteiger charge is -2.07. The third kappa shape index (κ3) is 6.49. The van der Waals surface area contributed by atoms with Gasteiger partial charge in [0, 0.05) is 18.3 Å². The lowest BCUT2D eigenvalue weighted by molar-refractivity contribution is -0.118. The van der Waals surface area contributed by atoms with E-state index in [2.05, 4.69) is 12.2 Å². The van der Waals surface area contributed by atoms with E-state index >= 15 is 0 Å². The van der Waals surface area contributed by atoms with Gasteiger partial charge in [-0.25, -0.2) is 0 Å². The number of amides is 1. The monoisotopic (exact) mass is 190 g/mol. The SMILES string of the molecule is CCNC(=O)CSCC(N)CC. The predicted molar refractivity (Wildman–Crippen MR) is 54.3 cm³/mol. The molecule has 3 N–H and O–H groups in total. The molecule has 12 heavy (non-hydrogen) atoms. The smallest absolute Gasteiger partial charge is 0.229 e. The van der Waals surface area contributed by atoms with E-state index in [0.717, 1.165) is 12.2 Å². The van der Waals surface area contributed by atoms with Crippen LogP contribution in [0.15, 0.2) is 0 Å². The molecule has 3 nitrogen and oxygen atoms in total. The van der Waals surface area contributed by atoms with Crippen LogP contribution >= 0.6 is 11.8 Å². The first-order valence-corrected chi connectivity index (χ1v) is 5.46. The molecule has 72 valence electrons. The Bertz CT molecular complexity index is 130. The summed E-state index contributed by atoms with van der Waals surface area (Å²) >= 11 is 1.60. The summed E-state index contributed by atoms with van der Waals surface area (Å²) in [4.78, 5) is 10.9. The second-order valence-corrected chi connectivity index (χ2v) is 3.67. The molecule has 0 spiro atoms. The molecule has 0 aliphatic rings. The second kappa shape index (κ2) is 7.43. The van der Waals surface area contributed by atoms with Crippen LogP contribution in [0.25, 0.3) is 0 Å². The minimum atomic E-state index is 0.103. The van der Waals surface area contributed by atoms with Crippen molar-refractivity contribution in [3.63, 3.8) is 0 Å². The van der Waals surface area contributed by atoms with Gasteiger partial charge in [-0.15, -0.1) is 0 Å². The summed E-state index contributed by atoms with van der Waals surface area (Å²) in [7, 11) is 0. The van der Waals surface area contributed by atoms with Crippen molar-refractivity contribution in [2.24, 2.45) is 5.73 Å². The van der Waals surface area contributed by atoms with Crippen molar-refractivity contribution in [3.05, 3.63) is 0 Å². The van der Waals surface area contributed by atoms with Crippen LogP contribution in [-0.4, -0.2) is 30.0 Å². The number of rotatable bonds is 6. The maximum absolute atomic E-state index is 10.9. The number of nitrogens with one attached hydrogen (secondary N) is 1. The van der Waals surface area contributed by atoms with Gasteiger partial charge in [0.25, 0.3) is 0 Å². The molecule has 0 aromatic carbocycles. The van der Waals surface area contributed by atoms with E-state index in [1.54, 1.807) is 11.8 Å². The summed E-state index contributed by atoms with van der Waals surface area (Å²) in [6, 6.07) is 0.226. The van der Waals surface area contributed by atoms with E-state index in [-0.39, 0.29) is 11.9 Å². The van der Waals surface area contributed by atoms with E-state index in [1.165, 1.54) is 0 Å². The third-order valence-electron chi connectivity index (χ3n) is 1.46. The highest BCUT2D eigenvalue weighted by atomic mass is 32.2. The first-order valence-electron chi connectivity index (χ1n) is 4.30. The van der Waals surface area contributed by atoms with Gasteiger partial charge in [-0.2, -0.15) is 11.8 Å². The van der Waals surface area contributed by atoms with Crippen LogP contribution in [0.2, 0.25) is 0 Å². The third-order valence-corrected chi connectivity index (χ3v) is 2.59. The molecule has 0 aromatic heterocycles. The topological polar surface area (TPSA) is 55.1 Å². The zero-order valence-electron chi connectivity index (χ0n) is 7.80. The molecule has 4 heteroatoms. The first kappa shape index (κ1) is 11.8. The van der Waals surface area contributed by atoms with Crippen molar-refractivity contribution in [1.29, 1.82) is 0 Å². The Morgan fingerprint density at radius 1 is 1.58 bits per heavy atom. The Hall–Kier alpha value is -0.220. The molecule has 0 aliphatic heterocycles.